The zero-order chi connectivity index (χ0) is 14.9. The summed E-state index contributed by atoms with van der Waals surface area (Å²) in [6.07, 6.45) is -0.329. The van der Waals surface area contributed by atoms with Crippen molar-refractivity contribution in [2.24, 2.45) is 0 Å². The molecule has 20 heavy (non-hydrogen) atoms. The van der Waals surface area contributed by atoms with Crippen molar-refractivity contribution in [2.75, 3.05) is 24.3 Å². The summed E-state index contributed by atoms with van der Waals surface area (Å²) >= 11 is 1.29. The number of nitrogen functional groups attached to an aromatic ring is 1. The number of aliphatic hydroxyl groups excluding tert-OH is 2. The van der Waals surface area contributed by atoms with Crippen LogP contribution < -0.4 is 11.4 Å². The number of nitrogens with two attached hydrogens (primary N) is 1. The summed E-state index contributed by atoms with van der Waals surface area (Å²) in [7, 11) is 0. The molecular weight excluding hydrogens is 286 g/mol. The van der Waals surface area contributed by atoms with Crippen molar-refractivity contribution in [3.05, 3.63) is 22.7 Å². The van der Waals surface area contributed by atoms with E-state index in [9.17, 15) is 20.1 Å². The lowest BCUT2D eigenvalue weighted by molar-refractivity contribution is -0.0955. The molecule has 2 heterocycles. The van der Waals surface area contributed by atoms with E-state index in [0.717, 1.165) is 4.57 Å². The number of hydrogen-bond donors (Lipinski definition) is 4. The van der Waals surface area contributed by atoms with Crippen LogP contribution in [0.1, 0.15) is 6.23 Å². The van der Waals surface area contributed by atoms with Crippen molar-refractivity contribution in [2.45, 2.75) is 24.0 Å². The molecule has 8 nitrogen and oxygen atoms in total. The molecule has 4 atom stereocenters. The van der Waals surface area contributed by atoms with Gasteiger partial charge in [-0.05, 0) is 12.3 Å². The molecule has 112 valence electrons. The Morgan fingerprint density at radius 3 is 2.90 bits per heavy atom. The lowest BCUT2D eigenvalue weighted by atomic mass is 9.96. The first-order chi connectivity index (χ1) is 9.43. The van der Waals surface area contributed by atoms with Gasteiger partial charge < -0.3 is 25.8 Å². The van der Waals surface area contributed by atoms with Crippen LogP contribution in [0.5, 0.6) is 0 Å². The predicted octanol–water partition coefficient (Wildman–Crippen LogP) is -1.83. The maximum Gasteiger partial charge on any atom is 0.351 e. The second kappa shape index (κ2) is 5.70. The van der Waals surface area contributed by atoms with E-state index in [0.29, 0.717) is 0 Å². The smallest absolute Gasteiger partial charge is 0.351 e. The van der Waals surface area contributed by atoms with Crippen LogP contribution in [0.15, 0.2) is 17.1 Å². The lowest BCUT2D eigenvalue weighted by Crippen LogP contribution is -2.50. The lowest BCUT2D eigenvalue weighted by Gasteiger charge is -2.30. The quantitative estimate of drug-likeness (QED) is 0.511. The van der Waals surface area contributed by atoms with E-state index in [1.165, 1.54) is 24.0 Å². The Morgan fingerprint density at radius 2 is 2.35 bits per heavy atom. The average molecular weight is 303 g/mol. The van der Waals surface area contributed by atoms with E-state index in [1.807, 2.05) is 0 Å². The summed E-state index contributed by atoms with van der Waals surface area (Å²) in [5, 5.41) is 29.9. The van der Waals surface area contributed by atoms with E-state index in [4.69, 9.17) is 10.5 Å². The van der Waals surface area contributed by atoms with Crippen LogP contribution in [0.3, 0.4) is 0 Å². The molecule has 0 radical (unpaired) electrons. The summed E-state index contributed by atoms with van der Waals surface area (Å²) in [6, 6.07) is 1.39. The van der Waals surface area contributed by atoms with Crippen LogP contribution in [0.25, 0.3) is 0 Å². The van der Waals surface area contributed by atoms with Gasteiger partial charge in [-0.15, -0.1) is 0 Å². The van der Waals surface area contributed by atoms with Crippen LogP contribution in [-0.2, 0) is 4.74 Å². The van der Waals surface area contributed by atoms with Crippen molar-refractivity contribution < 1.29 is 20.1 Å². The fraction of sp³-hybridized carbons (Fsp3) is 0.636. The van der Waals surface area contributed by atoms with Gasteiger partial charge >= 0.3 is 5.69 Å². The van der Waals surface area contributed by atoms with Crippen molar-refractivity contribution in [1.29, 1.82) is 0 Å². The molecule has 1 aliphatic heterocycles. The van der Waals surface area contributed by atoms with Gasteiger partial charge in [0.05, 0.1) is 6.61 Å². The maximum absolute atomic E-state index is 11.9. The Hall–Kier alpha value is -1.13. The third kappa shape index (κ3) is 2.42. The molecule has 1 saturated heterocycles. The molecule has 1 aromatic rings. The number of thioether (sulfide) groups is 1. The Bertz CT molecular complexity index is 539. The average Bonchev–Trinajstić information content (AvgIpc) is 2.63. The third-order valence-corrected chi connectivity index (χ3v) is 4.01. The van der Waals surface area contributed by atoms with E-state index < -0.39 is 36.3 Å². The van der Waals surface area contributed by atoms with Gasteiger partial charge in [0.1, 0.15) is 23.6 Å². The molecule has 1 aliphatic rings. The molecule has 0 saturated carbocycles. The fourth-order valence-electron chi connectivity index (χ4n) is 2.27. The molecule has 0 amide bonds. The van der Waals surface area contributed by atoms with E-state index in [2.05, 4.69) is 4.98 Å². The summed E-state index contributed by atoms with van der Waals surface area (Å²) in [4.78, 5) is 15.4. The second-order valence-electron chi connectivity index (χ2n) is 4.62. The topological polar surface area (TPSA) is 131 Å². The van der Waals surface area contributed by atoms with Crippen LogP contribution in [0.2, 0.25) is 0 Å². The first-order valence-electron chi connectivity index (χ1n) is 5.94. The zero-order valence-corrected chi connectivity index (χ0v) is 11.7. The van der Waals surface area contributed by atoms with Gasteiger partial charge in [0.15, 0.2) is 6.23 Å². The first kappa shape index (κ1) is 15.3. The molecule has 1 aromatic heterocycles. The molecule has 5 N–H and O–H groups in total. The van der Waals surface area contributed by atoms with Gasteiger partial charge in [0.25, 0.3) is 0 Å². The van der Waals surface area contributed by atoms with Gasteiger partial charge in [-0.2, -0.15) is 16.7 Å². The summed E-state index contributed by atoms with van der Waals surface area (Å²) in [5.41, 5.74) is 3.02. The summed E-state index contributed by atoms with van der Waals surface area (Å²) in [6.45, 7) is -0.467. The minimum absolute atomic E-state index is 0.0527. The predicted molar refractivity (Wildman–Crippen MR) is 73.2 cm³/mol. The van der Waals surface area contributed by atoms with Gasteiger partial charge in [-0.3, -0.25) is 4.57 Å². The molecule has 0 aliphatic carbocycles. The van der Waals surface area contributed by atoms with Crippen LogP contribution in [0, 0.1) is 0 Å². The first-order valence-corrected chi connectivity index (χ1v) is 7.33. The third-order valence-electron chi connectivity index (χ3n) is 3.26. The fourth-order valence-corrected chi connectivity index (χ4v) is 3.04. The van der Waals surface area contributed by atoms with Crippen molar-refractivity contribution >= 4 is 17.6 Å². The highest BCUT2D eigenvalue weighted by molar-refractivity contribution is 7.98. The van der Waals surface area contributed by atoms with Gasteiger partial charge in [0, 0.05) is 11.9 Å². The SMILES string of the molecule is CSC[C@@]1(O)[C@H](O)[C@@H](CO)O[C@H]1n1ccc(N)nc1=O. The number of ether oxygens (including phenoxy) is 1. The normalized spacial score (nSPS) is 33.5. The van der Waals surface area contributed by atoms with E-state index in [-0.39, 0.29) is 11.6 Å². The van der Waals surface area contributed by atoms with Crippen molar-refractivity contribution in [3.63, 3.8) is 0 Å². The highest BCUT2D eigenvalue weighted by Crippen LogP contribution is 2.39. The molecule has 9 heteroatoms. The highest BCUT2D eigenvalue weighted by Gasteiger charge is 2.56. The monoisotopic (exact) mass is 303 g/mol. The minimum atomic E-state index is -1.70. The van der Waals surface area contributed by atoms with Crippen LogP contribution in [0.4, 0.5) is 5.82 Å². The summed E-state index contributed by atoms with van der Waals surface area (Å²) < 4.78 is 6.48. The molecule has 0 bridgehead atoms. The molecular formula is C11H17N3O5S. The second-order valence-corrected chi connectivity index (χ2v) is 5.49. The Labute approximate surface area is 119 Å². The molecule has 2 rings (SSSR count). The van der Waals surface area contributed by atoms with Crippen molar-refractivity contribution in [1.82, 2.24) is 9.55 Å². The van der Waals surface area contributed by atoms with Gasteiger partial charge in [-0.25, -0.2) is 4.79 Å². The Morgan fingerprint density at radius 1 is 1.65 bits per heavy atom. The molecule has 0 unspecified atom stereocenters. The number of aromatic nitrogens is 2. The van der Waals surface area contributed by atoms with E-state index >= 15 is 0 Å². The molecule has 0 spiro atoms. The van der Waals surface area contributed by atoms with Crippen molar-refractivity contribution in [3.8, 4) is 0 Å². The number of rotatable bonds is 4. The van der Waals surface area contributed by atoms with Gasteiger partial charge in [-0.1, -0.05) is 0 Å². The highest BCUT2D eigenvalue weighted by atomic mass is 32.2. The number of hydrogen-bond acceptors (Lipinski definition) is 8. The number of aliphatic hydroxyl groups is 3. The van der Waals surface area contributed by atoms with Crippen LogP contribution >= 0.6 is 11.8 Å². The largest absolute Gasteiger partial charge is 0.394 e. The standard InChI is InChI=1S/C11H17N3O5S/c1-20-5-11(18)8(16)6(4-15)19-9(11)14-3-2-7(12)13-10(14)17/h2-3,6,8-9,15-16,18H,4-5H2,1H3,(H2,12,13,17)/t6-,8-,9-,11-/m1/s1. The minimum Gasteiger partial charge on any atom is -0.394 e. The zero-order valence-electron chi connectivity index (χ0n) is 10.8. The Balaban J connectivity index is 2.45. The maximum atomic E-state index is 11.9. The van der Waals surface area contributed by atoms with E-state index in [1.54, 1.807) is 6.26 Å². The molecule has 0 aromatic carbocycles. The molecule has 1 fully saturated rings. The number of anilines is 1. The summed E-state index contributed by atoms with van der Waals surface area (Å²) in [5.74, 6) is 0.184. The Kier molecular flexibility index (Phi) is 4.35. The van der Waals surface area contributed by atoms with Gasteiger partial charge in [0.2, 0.25) is 0 Å². The number of nitrogens with zero attached hydrogens (tertiary/aromatic N) is 2. The van der Waals surface area contributed by atoms with Crippen LogP contribution in [-0.4, -0.2) is 61.3 Å².